The van der Waals surface area contributed by atoms with E-state index in [1.165, 1.54) is 12.1 Å². The summed E-state index contributed by atoms with van der Waals surface area (Å²) < 4.78 is 76.0. The van der Waals surface area contributed by atoms with E-state index in [2.05, 4.69) is 0 Å². The van der Waals surface area contributed by atoms with Gasteiger partial charge in [0.25, 0.3) is 0 Å². The third-order valence-corrected chi connectivity index (χ3v) is 10.5. The van der Waals surface area contributed by atoms with E-state index in [1.54, 1.807) is 0 Å². The summed E-state index contributed by atoms with van der Waals surface area (Å²) in [5.41, 5.74) is 3.78. The molecule has 3 heterocycles. The van der Waals surface area contributed by atoms with Crippen LogP contribution in [0, 0.1) is 0 Å². The molecule has 0 fully saturated rings. The Hall–Kier alpha value is -4.31. The Bertz CT molecular complexity index is 2200. The van der Waals surface area contributed by atoms with Gasteiger partial charge in [0.1, 0.15) is 24.6 Å². The lowest BCUT2D eigenvalue weighted by molar-refractivity contribution is 0.0695. The molecule has 0 aliphatic carbocycles. The van der Waals surface area contributed by atoms with Gasteiger partial charge in [0, 0.05) is 71.1 Å². The third-order valence-electron chi connectivity index (χ3n) is 8.96. The molecule has 0 spiro atoms. The third kappa shape index (κ3) is 7.09. The summed E-state index contributed by atoms with van der Waals surface area (Å²) in [6, 6.07) is 11.5. The van der Waals surface area contributed by atoms with Crippen molar-refractivity contribution in [3.63, 3.8) is 0 Å². The molecule has 6 rings (SSSR count). The fraction of sp³-hybridized carbons (Fsp3) is 0.364. The van der Waals surface area contributed by atoms with E-state index in [0.717, 1.165) is 41.1 Å². The van der Waals surface area contributed by atoms with Crippen LogP contribution in [0.4, 0.5) is 5.69 Å². The van der Waals surface area contributed by atoms with Crippen LogP contribution in [0.3, 0.4) is 0 Å². The molecular formula is C33H33N2O11S2-. The first-order valence-electron chi connectivity index (χ1n) is 15.6. The second kappa shape index (κ2) is 13.0. The minimum absolute atomic E-state index is 0.150. The molecule has 0 amide bonds. The van der Waals surface area contributed by atoms with E-state index < -0.39 is 43.7 Å². The normalized spacial score (nSPS) is 15.6. The molecule has 0 radical (unpaired) electrons. The molecule has 0 bridgehead atoms. The first kappa shape index (κ1) is 33.6. The van der Waals surface area contributed by atoms with Crippen molar-refractivity contribution in [2.24, 2.45) is 0 Å². The minimum Gasteiger partial charge on any atom is -0.748 e. The van der Waals surface area contributed by atoms with Gasteiger partial charge in [-0.15, -0.1) is 0 Å². The highest BCUT2D eigenvalue weighted by Gasteiger charge is 2.30. The predicted molar refractivity (Wildman–Crippen MR) is 172 cm³/mol. The maximum Gasteiger partial charge on any atom is 0.336 e. The van der Waals surface area contributed by atoms with Gasteiger partial charge in [-0.1, -0.05) is 6.07 Å². The molecule has 48 heavy (non-hydrogen) atoms. The Balaban J connectivity index is 1.56. The van der Waals surface area contributed by atoms with Crippen LogP contribution in [0.2, 0.25) is 0 Å². The molecule has 0 unspecified atom stereocenters. The zero-order valence-corrected chi connectivity index (χ0v) is 27.4. The fourth-order valence-electron chi connectivity index (χ4n) is 6.89. The smallest absolute Gasteiger partial charge is 0.336 e. The van der Waals surface area contributed by atoms with E-state index in [-0.39, 0.29) is 24.0 Å². The number of rotatable bonds is 11. The molecule has 0 aromatic heterocycles. The number of benzene rings is 3. The Morgan fingerprint density at radius 1 is 0.833 bits per heavy atom. The second-order valence-electron chi connectivity index (χ2n) is 12.2. The highest BCUT2D eigenvalue weighted by atomic mass is 32.2. The van der Waals surface area contributed by atoms with Gasteiger partial charge in [-0.3, -0.25) is 0 Å². The van der Waals surface area contributed by atoms with E-state index in [9.17, 15) is 45.7 Å². The zero-order chi connectivity index (χ0) is 34.4. The summed E-state index contributed by atoms with van der Waals surface area (Å²) >= 11 is 0. The lowest BCUT2D eigenvalue weighted by Crippen LogP contribution is -2.40. The van der Waals surface area contributed by atoms with Gasteiger partial charge in [0.05, 0.1) is 37.4 Å². The van der Waals surface area contributed by atoms with Crippen LogP contribution in [0.25, 0.3) is 5.57 Å². The van der Waals surface area contributed by atoms with E-state index in [0.29, 0.717) is 72.4 Å². The van der Waals surface area contributed by atoms with Crippen LogP contribution >= 0.6 is 0 Å². The summed E-state index contributed by atoms with van der Waals surface area (Å²) in [7, 11) is -8.74. The van der Waals surface area contributed by atoms with Crippen molar-refractivity contribution in [2.75, 3.05) is 42.6 Å². The number of aromatic carboxylic acids is 2. The van der Waals surface area contributed by atoms with Gasteiger partial charge in [0.15, 0.2) is 0 Å². The molecule has 3 aliphatic heterocycles. The number of ether oxygens (including phenoxy) is 1. The standard InChI is InChI=1S/C33H34N2O11S2/c36-32(37)22-7-8-23(24(17-22)33(38)39)31-25-15-20-5-1-9-34(11-3-13-47(40,41)42)27(20)18-29(25)46-30-19-28-21(16-26(30)31)6-2-10-35(28)12-4-14-48(43,44)45/h7-8,15-19H,1-6,9-14H2,(H3-,36,37,38,39,40,41,42,43,44,45)/p-1. The van der Waals surface area contributed by atoms with Crippen LogP contribution in [-0.4, -0.2) is 85.8 Å². The van der Waals surface area contributed by atoms with Gasteiger partial charge in [-0.2, -0.15) is 0 Å². The lowest BCUT2D eigenvalue weighted by Gasteiger charge is -2.33. The molecule has 0 saturated carbocycles. The number of carboxylic acid groups (broad SMARTS) is 2. The molecule has 0 atom stereocenters. The van der Waals surface area contributed by atoms with E-state index >= 15 is 0 Å². The fourth-order valence-corrected chi connectivity index (χ4v) is 7.86. The van der Waals surface area contributed by atoms with Crippen LogP contribution in [0.15, 0.2) is 42.5 Å². The number of fused-ring (bicyclic) bond motifs is 4. The van der Waals surface area contributed by atoms with Gasteiger partial charge < -0.3 is 29.0 Å². The number of nitrogens with zero attached hydrogens (tertiary/aromatic N) is 2. The van der Waals surface area contributed by atoms with Gasteiger partial charge in [-0.25, -0.2) is 31.0 Å². The van der Waals surface area contributed by atoms with Crippen molar-refractivity contribution >= 4 is 43.4 Å². The summed E-state index contributed by atoms with van der Waals surface area (Å²) in [6.07, 6.45) is 3.23. The predicted octanol–water partition coefficient (Wildman–Crippen LogP) is 1.50. The minimum atomic E-state index is -4.37. The largest absolute Gasteiger partial charge is 0.748 e. The molecule has 2 N–H and O–H groups in total. The van der Waals surface area contributed by atoms with Gasteiger partial charge in [-0.05, 0) is 61.1 Å². The highest BCUT2D eigenvalue weighted by Crippen LogP contribution is 2.42. The maximum absolute atomic E-state index is 12.6. The second-order valence-corrected chi connectivity index (χ2v) is 15.3. The van der Waals surface area contributed by atoms with Crippen molar-refractivity contribution < 1.29 is 50.5 Å². The number of hydrogen-bond donors (Lipinski definition) is 2. The average molecular weight is 698 g/mol. The zero-order valence-electron chi connectivity index (χ0n) is 25.8. The number of carboxylic acids is 2. The summed E-state index contributed by atoms with van der Waals surface area (Å²) in [6.45, 7) is 1.95. The Kier molecular flexibility index (Phi) is 9.06. The van der Waals surface area contributed by atoms with E-state index in [1.807, 2.05) is 33.7 Å². The Labute approximate surface area is 276 Å². The molecule has 3 aromatic carbocycles. The topological polar surface area (TPSA) is 204 Å². The van der Waals surface area contributed by atoms with Crippen LogP contribution in [0.5, 0.6) is 11.5 Å². The van der Waals surface area contributed by atoms with Crippen LogP contribution < -0.4 is 24.8 Å². The lowest BCUT2D eigenvalue weighted by atomic mass is 9.86. The van der Waals surface area contributed by atoms with Crippen molar-refractivity contribution in [1.82, 2.24) is 4.58 Å². The summed E-state index contributed by atoms with van der Waals surface area (Å²) in [4.78, 5) is 26.4. The molecule has 3 aliphatic rings. The Morgan fingerprint density at radius 3 is 2.27 bits per heavy atom. The van der Waals surface area contributed by atoms with Crippen molar-refractivity contribution in [2.45, 2.75) is 38.5 Å². The van der Waals surface area contributed by atoms with Crippen molar-refractivity contribution in [3.8, 4) is 11.5 Å². The van der Waals surface area contributed by atoms with Crippen molar-refractivity contribution in [1.29, 1.82) is 0 Å². The molecular weight excluding hydrogens is 665 g/mol. The number of aryl methyl sites for hydroxylation is 2. The summed E-state index contributed by atoms with van der Waals surface area (Å²) in [5.74, 6) is -2.71. The average Bonchev–Trinajstić information content (AvgIpc) is 3.00. The van der Waals surface area contributed by atoms with Crippen molar-refractivity contribution in [3.05, 3.63) is 86.4 Å². The first-order valence-corrected chi connectivity index (χ1v) is 18.7. The molecule has 254 valence electrons. The van der Waals surface area contributed by atoms with Gasteiger partial charge >= 0.3 is 11.9 Å². The SMILES string of the molecule is O=C(O)c1ccc(C2=c3cc4c(cc3Oc3cc5c(cc32)CCCN5CCCS(=O)(=O)[O-])=[N+](CCCS(=O)(=O)[O-])CCC4)c(C(=O)O)c1. The molecule has 0 saturated heterocycles. The van der Waals surface area contributed by atoms with Gasteiger partial charge in [0.2, 0.25) is 5.36 Å². The molecule has 13 nitrogen and oxygen atoms in total. The number of carbonyl (C=O) groups is 2. The van der Waals surface area contributed by atoms with Crippen LogP contribution in [-0.2, 0) is 33.1 Å². The summed E-state index contributed by atoms with van der Waals surface area (Å²) in [5, 5.41) is 21.3. The number of hydrogen-bond acceptors (Lipinski definition) is 10. The quantitative estimate of drug-likeness (QED) is 0.169. The maximum atomic E-state index is 12.6. The molecule has 3 aromatic rings. The monoisotopic (exact) mass is 697 g/mol. The van der Waals surface area contributed by atoms with E-state index in [4.69, 9.17) is 4.74 Å². The first-order chi connectivity index (χ1) is 22.7. The molecule has 15 heteroatoms. The Morgan fingerprint density at radius 2 is 1.56 bits per heavy atom. The van der Waals surface area contributed by atoms with Crippen LogP contribution in [0.1, 0.15) is 68.7 Å². The highest BCUT2D eigenvalue weighted by molar-refractivity contribution is 7.85. The number of anilines is 1.